The third-order valence-electron chi connectivity index (χ3n) is 5.67. The monoisotopic (exact) mass is 269 g/mol. The average molecular weight is 269 g/mol. The molecule has 1 aliphatic carbocycles. The Labute approximate surface area is 120 Å². The van der Waals surface area contributed by atoms with Gasteiger partial charge < -0.3 is 11.1 Å². The number of hydrogen-bond acceptors (Lipinski definition) is 3. The van der Waals surface area contributed by atoms with Crippen LogP contribution in [0.4, 0.5) is 11.4 Å². The fraction of sp³-hybridized carbons (Fsp3) is 0.471. The number of nitrogen functional groups attached to an aromatic ring is 1. The van der Waals surface area contributed by atoms with E-state index in [0.29, 0.717) is 16.7 Å². The van der Waals surface area contributed by atoms with E-state index in [4.69, 9.17) is 5.73 Å². The Hall–Kier alpha value is -1.77. The molecule has 1 fully saturated rings. The fourth-order valence-electron chi connectivity index (χ4n) is 3.42. The minimum Gasteiger partial charge on any atom is -0.398 e. The Balaban J connectivity index is 1.85. The number of nitrogens with one attached hydrogen (secondary N) is 1. The Bertz CT molecular complexity index is 644. The van der Waals surface area contributed by atoms with Crippen LogP contribution in [0, 0.1) is 16.7 Å². The maximum absolute atomic E-state index is 6.02. The zero-order valence-electron chi connectivity index (χ0n) is 12.7. The lowest BCUT2D eigenvalue weighted by Crippen LogP contribution is -2.08. The molecular weight excluding hydrogens is 246 g/mol. The zero-order valence-corrected chi connectivity index (χ0v) is 12.7. The lowest BCUT2D eigenvalue weighted by Gasteiger charge is -2.12. The summed E-state index contributed by atoms with van der Waals surface area (Å²) in [7, 11) is 0. The van der Waals surface area contributed by atoms with Gasteiger partial charge in [0.2, 0.25) is 0 Å². The van der Waals surface area contributed by atoms with E-state index >= 15 is 0 Å². The molecule has 0 aliphatic heterocycles. The zero-order chi connectivity index (χ0) is 14.5. The molecule has 0 spiro atoms. The predicted octanol–water partition coefficient (Wildman–Crippen LogP) is 3.91. The molecule has 0 bridgehead atoms. The second-order valence-electron chi connectivity index (χ2n) is 7.00. The summed E-state index contributed by atoms with van der Waals surface area (Å²) in [5, 5.41) is 5.76. The van der Waals surface area contributed by atoms with Crippen molar-refractivity contribution in [2.75, 3.05) is 17.6 Å². The van der Waals surface area contributed by atoms with Crippen LogP contribution in [0.5, 0.6) is 0 Å². The van der Waals surface area contributed by atoms with Gasteiger partial charge in [0.15, 0.2) is 0 Å². The van der Waals surface area contributed by atoms with E-state index in [1.165, 1.54) is 0 Å². The normalized spacial score (nSPS) is 20.0. The van der Waals surface area contributed by atoms with Crippen molar-refractivity contribution in [2.24, 2.45) is 16.7 Å². The highest BCUT2D eigenvalue weighted by Gasteiger charge is 2.63. The Kier molecular flexibility index (Phi) is 2.72. The molecule has 0 unspecified atom stereocenters. The van der Waals surface area contributed by atoms with Gasteiger partial charge in [0, 0.05) is 41.1 Å². The van der Waals surface area contributed by atoms with Gasteiger partial charge in [-0.3, -0.25) is 4.98 Å². The Morgan fingerprint density at radius 1 is 1.10 bits per heavy atom. The van der Waals surface area contributed by atoms with Crippen LogP contribution in [0.3, 0.4) is 0 Å². The third-order valence-corrected chi connectivity index (χ3v) is 5.67. The molecule has 3 heteroatoms. The van der Waals surface area contributed by atoms with Gasteiger partial charge in [-0.15, -0.1) is 0 Å². The van der Waals surface area contributed by atoms with E-state index in [2.05, 4.69) is 44.1 Å². The van der Waals surface area contributed by atoms with Gasteiger partial charge in [-0.1, -0.05) is 27.7 Å². The fourth-order valence-corrected chi connectivity index (χ4v) is 3.42. The molecule has 1 heterocycles. The van der Waals surface area contributed by atoms with Crippen molar-refractivity contribution in [3.05, 3.63) is 30.6 Å². The Morgan fingerprint density at radius 3 is 2.45 bits per heavy atom. The summed E-state index contributed by atoms with van der Waals surface area (Å²) < 4.78 is 0. The number of anilines is 2. The summed E-state index contributed by atoms with van der Waals surface area (Å²) in [6.45, 7) is 10.4. The topological polar surface area (TPSA) is 50.9 Å². The van der Waals surface area contributed by atoms with Crippen LogP contribution in [0.1, 0.15) is 27.7 Å². The number of benzene rings is 1. The minimum absolute atomic E-state index is 0.405. The summed E-state index contributed by atoms with van der Waals surface area (Å²) in [5.41, 5.74) is 8.76. The number of aromatic nitrogens is 1. The number of hydrogen-bond donors (Lipinski definition) is 2. The van der Waals surface area contributed by atoms with Gasteiger partial charge in [-0.05, 0) is 34.9 Å². The summed E-state index contributed by atoms with van der Waals surface area (Å²) in [6.07, 6.45) is 3.67. The van der Waals surface area contributed by atoms with Crippen molar-refractivity contribution in [1.29, 1.82) is 0 Å². The van der Waals surface area contributed by atoms with Crippen LogP contribution in [-0.4, -0.2) is 11.5 Å². The Morgan fingerprint density at radius 2 is 1.80 bits per heavy atom. The number of fused-ring (bicyclic) bond motifs is 1. The van der Waals surface area contributed by atoms with E-state index in [-0.39, 0.29) is 0 Å². The van der Waals surface area contributed by atoms with Crippen LogP contribution in [-0.2, 0) is 0 Å². The molecule has 3 rings (SSSR count). The second-order valence-corrected chi connectivity index (χ2v) is 7.00. The number of nitrogens with two attached hydrogens (primary N) is 1. The molecule has 1 aromatic heterocycles. The number of rotatable bonds is 3. The summed E-state index contributed by atoms with van der Waals surface area (Å²) >= 11 is 0. The van der Waals surface area contributed by atoms with Crippen LogP contribution < -0.4 is 11.1 Å². The highest BCUT2D eigenvalue weighted by Crippen LogP contribution is 2.68. The van der Waals surface area contributed by atoms with E-state index in [1.54, 1.807) is 6.20 Å². The number of pyridine rings is 1. The molecule has 106 valence electrons. The summed E-state index contributed by atoms with van der Waals surface area (Å²) in [4.78, 5) is 4.22. The first-order chi connectivity index (χ1) is 9.35. The summed E-state index contributed by atoms with van der Waals surface area (Å²) in [6, 6.07) is 6.00. The van der Waals surface area contributed by atoms with E-state index in [9.17, 15) is 0 Å². The molecule has 0 radical (unpaired) electrons. The van der Waals surface area contributed by atoms with Crippen LogP contribution in [0.25, 0.3) is 10.8 Å². The first kappa shape index (κ1) is 13.2. The van der Waals surface area contributed by atoms with Crippen molar-refractivity contribution >= 4 is 22.1 Å². The highest BCUT2D eigenvalue weighted by atomic mass is 14.9. The molecule has 3 N–H and O–H groups in total. The molecule has 1 aromatic carbocycles. The molecule has 1 aliphatic rings. The highest BCUT2D eigenvalue weighted by molar-refractivity contribution is 6.00. The summed E-state index contributed by atoms with van der Waals surface area (Å²) in [5.74, 6) is 0.694. The van der Waals surface area contributed by atoms with Gasteiger partial charge in [0.25, 0.3) is 0 Å². The van der Waals surface area contributed by atoms with Crippen molar-refractivity contribution in [2.45, 2.75) is 27.7 Å². The minimum atomic E-state index is 0.405. The largest absolute Gasteiger partial charge is 0.398 e. The molecule has 0 amide bonds. The smallest absolute Gasteiger partial charge is 0.0437 e. The van der Waals surface area contributed by atoms with Gasteiger partial charge >= 0.3 is 0 Å². The molecule has 20 heavy (non-hydrogen) atoms. The van der Waals surface area contributed by atoms with Crippen LogP contribution in [0.15, 0.2) is 30.6 Å². The first-order valence-corrected chi connectivity index (χ1v) is 7.22. The molecule has 1 saturated carbocycles. The van der Waals surface area contributed by atoms with E-state index in [1.807, 2.05) is 18.3 Å². The number of nitrogens with zero attached hydrogens (tertiary/aromatic N) is 1. The predicted molar refractivity (Wildman–Crippen MR) is 85.7 cm³/mol. The van der Waals surface area contributed by atoms with E-state index in [0.717, 1.165) is 28.7 Å². The van der Waals surface area contributed by atoms with Gasteiger partial charge in [-0.25, -0.2) is 0 Å². The third kappa shape index (κ3) is 1.76. The maximum Gasteiger partial charge on any atom is 0.0437 e. The molecule has 0 saturated heterocycles. The van der Waals surface area contributed by atoms with Crippen LogP contribution in [0.2, 0.25) is 0 Å². The average Bonchev–Trinajstić information content (AvgIpc) is 2.80. The molecular formula is C17H23N3. The van der Waals surface area contributed by atoms with Gasteiger partial charge in [0.05, 0.1) is 0 Å². The maximum atomic E-state index is 6.02. The van der Waals surface area contributed by atoms with Gasteiger partial charge in [0.1, 0.15) is 0 Å². The van der Waals surface area contributed by atoms with Crippen molar-refractivity contribution in [3.63, 3.8) is 0 Å². The lowest BCUT2D eigenvalue weighted by molar-refractivity contribution is 0.457. The second kappa shape index (κ2) is 4.11. The lowest BCUT2D eigenvalue weighted by atomic mass is 10.0. The van der Waals surface area contributed by atoms with Crippen molar-refractivity contribution in [3.8, 4) is 0 Å². The SMILES string of the molecule is CC1(C)C(CNc2ccc(N)c3ccncc23)C1(C)C. The standard InChI is InChI=1S/C17H23N3/c1-16(2)15(17(16,3)4)10-20-14-6-5-13(18)11-7-8-19-9-12(11)14/h5-9,15,20H,10,18H2,1-4H3. The van der Waals surface area contributed by atoms with Crippen molar-refractivity contribution < 1.29 is 0 Å². The van der Waals surface area contributed by atoms with Gasteiger partial charge in [-0.2, -0.15) is 0 Å². The molecule has 3 nitrogen and oxygen atoms in total. The molecule has 0 atom stereocenters. The van der Waals surface area contributed by atoms with Crippen LogP contribution >= 0.6 is 0 Å². The molecule has 2 aromatic rings. The first-order valence-electron chi connectivity index (χ1n) is 7.22. The van der Waals surface area contributed by atoms with E-state index < -0.39 is 0 Å². The quantitative estimate of drug-likeness (QED) is 0.831. The van der Waals surface area contributed by atoms with Crippen molar-refractivity contribution in [1.82, 2.24) is 4.98 Å².